The summed E-state index contributed by atoms with van der Waals surface area (Å²) >= 11 is 0. The van der Waals surface area contributed by atoms with Gasteiger partial charge in [0.25, 0.3) is 5.91 Å². The molecule has 22 heavy (non-hydrogen) atoms. The van der Waals surface area contributed by atoms with Gasteiger partial charge < -0.3 is 24.6 Å². The summed E-state index contributed by atoms with van der Waals surface area (Å²) in [5, 5.41) is 11.9. The van der Waals surface area contributed by atoms with Crippen LogP contribution in [0.2, 0.25) is 0 Å². The molecular formula is C15H17NO6. The Morgan fingerprint density at radius 3 is 2.77 bits per heavy atom. The molecule has 0 bridgehead atoms. The number of rotatable bonds is 4. The van der Waals surface area contributed by atoms with Crippen molar-refractivity contribution >= 4 is 11.9 Å². The van der Waals surface area contributed by atoms with Crippen molar-refractivity contribution in [3.63, 3.8) is 0 Å². The summed E-state index contributed by atoms with van der Waals surface area (Å²) in [7, 11) is 0. The van der Waals surface area contributed by atoms with E-state index in [1.807, 2.05) is 0 Å². The van der Waals surface area contributed by atoms with E-state index in [4.69, 9.17) is 19.3 Å². The zero-order chi connectivity index (χ0) is 15.6. The topological polar surface area (TPSA) is 94.1 Å². The summed E-state index contributed by atoms with van der Waals surface area (Å²) in [6, 6.07) is 5.07. The smallest absolute Gasteiger partial charge is 0.305 e. The van der Waals surface area contributed by atoms with Crippen LogP contribution in [0, 0.1) is 0 Å². The van der Waals surface area contributed by atoms with Crippen molar-refractivity contribution in [3.05, 3.63) is 23.8 Å². The van der Waals surface area contributed by atoms with Crippen molar-refractivity contribution in [3.8, 4) is 11.5 Å². The zero-order valence-corrected chi connectivity index (χ0v) is 12.0. The Hall–Kier alpha value is -2.28. The number of amides is 1. The van der Waals surface area contributed by atoms with Gasteiger partial charge in [0.1, 0.15) is 13.2 Å². The van der Waals surface area contributed by atoms with E-state index in [1.165, 1.54) is 0 Å². The molecule has 1 aromatic rings. The summed E-state index contributed by atoms with van der Waals surface area (Å²) in [6.07, 6.45) is 0.294. The van der Waals surface area contributed by atoms with E-state index in [-0.39, 0.29) is 18.9 Å². The molecular weight excluding hydrogens is 290 g/mol. The SMILES string of the molecule is O=C(O)CC1(NC(=O)c2cccc3c2OCCO3)CCOC1. The molecule has 2 heterocycles. The van der Waals surface area contributed by atoms with Crippen molar-refractivity contribution in [2.75, 3.05) is 26.4 Å². The van der Waals surface area contributed by atoms with Gasteiger partial charge in [-0.1, -0.05) is 6.07 Å². The van der Waals surface area contributed by atoms with Gasteiger partial charge in [0.05, 0.1) is 24.1 Å². The van der Waals surface area contributed by atoms with E-state index < -0.39 is 11.5 Å². The molecule has 7 heteroatoms. The van der Waals surface area contributed by atoms with Crippen LogP contribution in [0.1, 0.15) is 23.2 Å². The molecule has 0 radical (unpaired) electrons. The summed E-state index contributed by atoms with van der Waals surface area (Å²) < 4.78 is 16.2. The van der Waals surface area contributed by atoms with Crippen LogP contribution in [0.25, 0.3) is 0 Å². The van der Waals surface area contributed by atoms with Crippen LogP contribution in [0.4, 0.5) is 0 Å². The van der Waals surface area contributed by atoms with Gasteiger partial charge in [-0.2, -0.15) is 0 Å². The molecule has 2 aliphatic heterocycles. The van der Waals surface area contributed by atoms with Crippen LogP contribution < -0.4 is 14.8 Å². The Morgan fingerprint density at radius 1 is 1.23 bits per heavy atom. The summed E-state index contributed by atoms with van der Waals surface area (Å²) in [5.41, 5.74) is -0.532. The number of nitrogens with one attached hydrogen (secondary N) is 1. The van der Waals surface area contributed by atoms with Crippen molar-refractivity contribution in [1.82, 2.24) is 5.32 Å². The molecule has 1 atom stereocenters. The summed E-state index contributed by atoms with van der Waals surface area (Å²) in [4.78, 5) is 23.6. The molecule has 1 unspecified atom stereocenters. The first kappa shape index (κ1) is 14.6. The largest absolute Gasteiger partial charge is 0.486 e. The van der Waals surface area contributed by atoms with Crippen molar-refractivity contribution < 1.29 is 28.9 Å². The molecule has 1 fully saturated rings. The van der Waals surface area contributed by atoms with E-state index in [0.29, 0.717) is 43.3 Å². The average Bonchev–Trinajstić information content (AvgIpc) is 2.93. The minimum Gasteiger partial charge on any atom is -0.486 e. The molecule has 0 spiro atoms. The minimum absolute atomic E-state index is 0.175. The van der Waals surface area contributed by atoms with Gasteiger partial charge in [-0.3, -0.25) is 9.59 Å². The maximum Gasteiger partial charge on any atom is 0.305 e. The fourth-order valence-corrected chi connectivity index (χ4v) is 2.74. The van der Waals surface area contributed by atoms with E-state index in [0.717, 1.165) is 0 Å². The molecule has 0 aliphatic carbocycles. The highest BCUT2D eigenvalue weighted by Gasteiger charge is 2.39. The monoisotopic (exact) mass is 307 g/mol. The highest BCUT2D eigenvalue weighted by molar-refractivity contribution is 5.98. The zero-order valence-electron chi connectivity index (χ0n) is 12.0. The number of carbonyl (C=O) groups excluding carboxylic acids is 1. The molecule has 3 rings (SSSR count). The number of fused-ring (bicyclic) bond motifs is 1. The van der Waals surface area contributed by atoms with Gasteiger partial charge in [-0.25, -0.2) is 0 Å². The van der Waals surface area contributed by atoms with Crippen molar-refractivity contribution in [2.45, 2.75) is 18.4 Å². The predicted molar refractivity (Wildman–Crippen MR) is 75.3 cm³/mol. The third kappa shape index (κ3) is 2.85. The van der Waals surface area contributed by atoms with Crippen LogP contribution in [0.3, 0.4) is 0 Å². The molecule has 1 amide bonds. The fraction of sp³-hybridized carbons (Fsp3) is 0.467. The second kappa shape index (κ2) is 5.84. The quantitative estimate of drug-likeness (QED) is 0.855. The lowest BCUT2D eigenvalue weighted by molar-refractivity contribution is -0.138. The molecule has 1 saturated heterocycles. The Kier molecular flexibility index (Phi) is 3.89. The third-order valence-corrected chi connectivity index (χ3v) is 3.78. The Labute approximate surface area is 127 Å². The van der Waals surface area contributed by atoms with Gasteiger partial charge in [-0.05, 0) is 18.6 Å². The van der Waals surface area contributed by atoms with E-state index in [1.54, 1.807) is 18.2 Å². The molecule has 7 nitrogen and oxygen atoms in total. The third-order valence-electron chi connectivity index (χ3n) is 3.78. The molecule has 1 aromatic carbocycles. The number of hydrogen-bond donors (Lipinski definition) is 2. The Bertz CT molecular complexity index is 594. The van der Waals surface area contributed by atoms with E-state index in [2.05, 4.69) is 5.32 Å². The first-order valence-corrected chi connectivity index (χ1v) is 7.10. The lowest BCUT2D eigenvalue weighted by Crippen LogP contribution is -2.50. The van der Waals surface area contributed by atoms with Crippen LogP contribution in [0.15, 0.2) is 18.2 Å². The molecule has 2 N–H and O–H groups in total. The number of benzene rings is 1. The van der Waals surface area contributed by atoms with Crippen molar-refractivity contribution in [2.24, 2.45) is 0 Å². The van der Waals surface area contributed by atoms with Gasteiger partial charge in [-0.15, -0.1) is 0 Å². The van der Waals surface area contributed by atoms with Crippen LogP contribution in [0.5, 0.6) is 11.5 Å². The number of ether oxygens (including phenoxy) is 3. The lowest BCUT2D eigenvalue weighted by atomic mass is 9.93. The Morgan fingerprint density at radius 2 is 2.05 bits per heavy atom. The molecule has 118 valence electrons. The number of para-hydroxylation sites is 1. The number of carbonyl (C=O) groups is 2. The normalized spacial score (nSPS) is 23.1. The van der Waals surface area contributed by atoms with Gasteiger partial charge >= 0.3 is 5.97 Å². The van der Waals surface area contributed by atoms with Crippen molar-refractivity contribution in [1.29, 1.82) is 0 Å². The lowest BCUT2D eigenvalue weighted by Gasteiger charge is -2.28. The highest BCUT2D eigenvalue weighted by Crippen LogP contribution is 2.34. The predicted octanol–water partition coefficient (Wildman–Crippen LogP) is 0.821. The van der Waals surface area contributed by atoms with Crippen LogP contribution in [-0.4, -0.2) is 48.9 Å². The van der Waals surface area contributed by atoms with E-state index >= 15 is 0 Å². The molecule has 0 saturated carbocycles. The highest BCUT2D eigenvalue weighted by atomic mass is 16.6. The molecule has 0 aromatic heterocycles. The average molecular weight is 307 g/mol. The summed E-state index contributed by atoms with van der Waals surface area (Å²) in [6.45, 7) is 1.44. The first-order valence-electron chi connectivity index (χ1n) is 7.10. The minimum atomic E-state index is -0.972. The standard InChI is InChI=1S/C15H17NO6/c17-12(18)8-15(4-5-20-9-15)16-14(19)10-2-1-3-11-13(10)22-7-6-21-11/h1-3H,4-9H2,(H,16,19)(H,17,18). The van der Waals surface area contributed by atoms with Gasteiger partial charge in [0.2, 0.25) is 0 Å². The number of carboxylic acids is 1. The fourth-order valence-electron chi connectivity index (χ4n) is 2.74. The van der Waals surface area contributed by atoms with Crippen LogP contribution in [-0.2, 0) is 9.53 Å². The maximum absolute atomic E-state index is 12.6. The second-order valence-electron chi connectivity index (χ2n) is 5.44. The number of aliphatic carboxylic acids is 1. The van der Waals surface area contributed by atoms with Gasteiger partial charge in [0, 0.05) is 6.61 Å². The van der Waals surface area contributed by atoms with Crippen LogP contribution >= 0.6 is 0 Å². The molecule has 2 aliphatic rings. The number of hydrogen-bond acceptors (Lipinski definition) is 5. The summed E-state index contributed by atoms with van der Waals surface area (Å²) in [5.74, 6) is -0.431. The Balaban J connectivity index is 1.83. The van der Waals surface area contributed by atoms with Gasteiger partial charge in [0.15, 0.2) is 11.5 Å². The van der Waals surface area contributed by atoms with E-state index in [9.17, 15) is 9.59 Å². The maximum atomic E-state index is 12.6. The number of carboxylic acid groups (broad SMARTS) is 1. The first-order chi connectivity index (χ1) is 10.6. The second-order valence-corrected chi connectivity index (χ2v) is 5.44.